The predicted octanol–water partition coefficient (Wildman–Crippen LogP) is 3.57. The number of halogens is 1. The first-order valence-corrected chi connectivity index (χ1v) is 9.50. The summed E-state index contributed by atoms with van der Waals surface area (Å²) >= 11 is 5.87. The number of nitrogens with zero attached hydrogens (tertiary/aromatic N) is 3. The molecule has 0 saturated heterocycles. The van der Waals surface area contributed by atoms with E-state index >= 15 is 0 Å². The van der Waals surface area contributed by atoms with Crippen molar-refractivity contribution in [2.24, 2.45) is 0 Å². The monoisotopic (exact) mass is 384 g/mol. The highest BCUT2D eigenvalue weighted by atomic mass is 35.5. The number of benzene rings is 3. The highest BCUT2D eigenvalue weighted by Gasteiger charge is 2.23. The fourth-order valence-corrected chi connectivity index (χ4v) is 3.95. The number of hydrogen-bond donors (Lipinski definition) is 1. The van der Waals surface area contributed by atoms with Crippen molar-refractivity contribution < 1.29 is 8.42 Å². The Balaban J connectivity index is 1.81. The first kappa shape index (κ1) is 16.6. The van der Waals surface area contributed by atoms with Crippen LogP contribution in [-0.4, -0.2) is 22.6 Å². The largest absolute Gasteiger partial charge is 0.367 e. The Hall–Kier alpha value is -2.90. The molecule has 0 aliphatic rings. The van der Waals surface area contributed by atoms with E-state index in [-0.39, 0.29) is 16.7 Å². The van der Waals surface area contributed by atoms with Crippen LogP contribution in [-0.2, 0) is 10.0 Å². The first-order valence-electron chi connectivity index (χ1n) is 7.68. The Kier molecular flexibility index (Phi) is 3.90. The molecular weight excluding hydrogens is 372 g/mol. The van der Waals surface area contributed by atoms with Crippen LogP contribution in [0.1, 0.15) is 0 Å². The van der Waals surface area contributed by atoms with Crippen LogP contribution in [0.4, 0.5) is 5.95 Å². The lowest BCUT2D eigenvalue weighted by Gasteiger charge is -2.06. The second-order valence-corrected chi connectivity index (χ2v) is 7.86. The van der Waals surface area contributed by atoms with Gasteiger partial charge < -0.3 is 5.73 Å². The zero-order valence-electron chi connectivity index (χ0n) is 13.4. The molecule has 0 amide bonds. The van der Waals surface area contributed by atoms with E-state index in [4.69, 9.17) is 17.3 Å². The molecule has 4 aromatic rings. The molecule has 0 aliphatic carbocycles. The van der Waals surface area contributed by atoms with Gasteiger partial charge in [0.1, 0.15) is 0 Å². The third kappa shape index (κ3) is 2.81. The van der Waals surface area contributed by atoms with E-state index in [9.17, 15) is 8.42 Å². The molecule has 6 nitrogen and oxygen atoms in total. The summed E-state index contributed by atoms with van der Waals surface area (Å²) in [6.07, 6.45) is 0. The molecule has 0 aliphatic heterocycles. The van der Waals surface area contributed by atoms with Crippen molar-refractivity contribution in [2.45, 2.75) is 4.90 Å². The van der Waals surface area contributed by atoms with E-state index < -0.39 is 10.0 Å². The molecule has 0 unspecified atom stereocenters. The average molecular weight is 385 g/mol. The Morgan fingerprint density at radius 2 is 1.62 bits per heavy atom. The fraction of sp³-hybridized carbons (Fsp3) is 0. The summed E-state index contributed by atoms with van der Waals surface area (Å²) < 4.78 is 26.7. The van der Waals surface area contributed by atoms with Gasteiger partial charge in [-0.15, -0.1) is 9.19 Å². The second kappa shape index (κ2) is 6.12. The molecule has 3 aromatic carbocycles. The molecule has 2 N–H and O–H groups in total. The molecule has 0 radical (unpaired) electrons. The van der Waals surface area contributed by atoms with E-state index in [0.717, 1.165) is 14.9 Å². The summed E-state index contributed by atoms with van der Waals surface area (Å²) in [5, 5.41) is 6.40. The van der Waals surface area contributed by atoms with Crippen LogP contribution in [0.25, 0.3) is 22.2 Å². The molecule has 0 bridgehead atoms. The maximum absolute atomic E-state index is 13.0. The summed E-state index contributed by atoms with van der Waals surface area (Å²) in [7, 11) is -3.96. The van der Waals surface area contributed by atoms with Crippen LogP contribution in [0.3, 0.4) is 0 Å². The van der Waals surface area contributed by atoms with Gasteiger partial charge in [-0.05, 0) is 47.2 Å². The number of nitrogens with two attached hydrogens (primary N) is 1. The maximum atomic E-state index is 13.0. The van der Waals surface area contributed by atoms with Gasteiger partial charge in [0.25, 0.3) is 10.0 Å². The number of anilines is 1. The lowest BCUT2D eigenvalue weighted by molar-refractivity contribution is 0.581. The number of rotatable bonds is 3. The highest BCUT2D eigenvalue weighted by Crippen LogP contribution is 2.24. The summed E-state index contributed by atoms with van der Waals surface area (Å²) in [5.41, 5.74) is 6.45. The minimum absolute atomic E-state index is 0.0930. The highest BCUT2D eigenvalue weighted by molar-refractivity contribution is 7.90. The van der Waals surface area contributed by atoms with Crippen LogP contribution in [0.2, 0.25) is 5.02 Å². The SMILES string of the molecule is Nc1nc(-c2ccc(Cl)cc2)nn1S(=O)(=O)c1ccc2ccccc2c1. The van der Waals surface area contributed by atoms with Crippen molar-refractivity contribution >= 4 is 38.3 Å². The van der Waals surface area contributed by atoms with Gasteiger partial charge in [-0.3, -0.25) is 0 Å². The second-order valence-electron chi connectivity index (χ2n) is 5.66. The van der Waals surface area contributed by atoms with Crippen molar-refractivity contribution in [3.05, 3.63) is 71.8 Å². The van der Waals surface area contributed by atoms with Crippen LogP contribution in [0.15, 0.2) is 71.6 Å². The van der Waals surface area contributed by atoms with Crippen LogP contribution < -0.4 is 5.73 Å². The number of hydrogen-bond acceptors (Lipinski definition) is 5. The molecule has 26 heavy (non-hydrogen) atoms. The molecule has 4 rings (SSSR count). The normalized spacial score (nSPS) is 11.7. The standard InChI is InChI=1S/C18H13ClN4O2S/c19-15-8-5-13(6-9-15)17-21-18(20)23(22-17)26(24,25)16-10-7-12-3-1-2-4-14(12)11-16/h1-11H,(H2,20,21,22). The summed E-state index contributed by atoms with van der Waals surface area (Å²) in [6, 6.07) is 19.1. The minimum atomic E-state index is -3.96. The van der Waals surface area contributed by atoms with E-state index in [1.165, 1.54) is 6.07 Å². The Bertz CT molecular complexity index is 1220. The van der Waals surface area contributed by atoms with Gasteiger partial charge in [0.15, 0.2) is 5.82 Å². The molecule has 0 saturated carbocycles. The van der Waals surface area contributed by atoms with Crippen molar-refractivity contribution in [1.29, 1.82) is 0 Å². The van der Waals surface area contributed by atoms with Gasteiger partial charge in [0.2, 0.25) is 5.95 Å². The van der Waals surface area contributed by atoms with Crippen LogP contribution in [0.5, 0.6) is 0 Å². The first-order chi connectivity index (χ1) is 12.4. The molecular formula is C18H13ClN4O2S. The van der Waals surface area contributed by atoms with E-state index in [0.29, 0.717) is 10.6 Å². The van der Waals surface area contributed by atoms with Crippen molar-refractivity contribution in [2.75, 3.05) is 5.73 Å². The van der Waals surface area contributed by atoms with Gasteiger partial charge in [-0.2, -0.15) is 13.4 Å². The Morgan fingerprint density at radius 1 is 0.923 bits per heavy atom. The maximum Gasteiger partial charge on any atom is 0.286 e. The molecule has 1 aromatic heterocycles. The lowest BCUT2D eigenvalue weighted by Crippen LogP contribution is -2.17. The van der Waals surface area contributed by atoms with E-state index in [1.54, 1.807) is 36.4 Å². The van der Waals surface area contributed by atoms with E-state index in [2.05, 4.69) is 10.1 Å². The predicted molar refractivity (Wildman–Crippen MR) is 101 cm³/mol. The number of fused-ring (bicyclic) bond motifs is 1. The Morgan fingerprint density at radius 3 is 2.35 bits per heavy atom. The van der Waals surface area contributed by atoms with E-state index in [1.807, 2.05) is 24.3 Å². The topological polar surface area (TPSA) is 90.9 Å². The van der Waals surface area contributed by atoms with Crippen molar-refractivity contribution in [3.63, 3.8) is 0 Å². The molecule has 0 fully saturated rings. The zero-order chi connectivity index (χ0) is 18.3. The fourth-order valence-electron chi connectivity index (χ4n) is 2.64. The average Bonchev–Trinajstić information content (AvgIpc) is 3.04. The summed E-state index contributed by atoms with van der Waals surface area (Å²) in [6.45, 7) is 0. The minimum Gasteiger partial charge on any atom is -0.367 e. The van der Waals surface area contributed by atoms with Gasteiger partial charge in [-0.25, -0.2) is 0 Å². The molecule has 8 heteroatoms. The van der Waals surface area contributed by atoms with Crippen molar-refractivity contribution in [3.8, 4) is 11.4 Å². The lowest BCUT2D eigenvalue weighted by atomic mass is 10.1. The molecule has 0 atom stereocenters. The molecule has 0 spiro atoms. The molecule has 1 heterocycles. The summed E-state index contributed by atoms with van der Waals surface area (Å²) in [5.74, 6) is 0.00615. The van der Waals surface area contributed by atoms with Crippen LogP contribution >= 0.6 is 11.6 Å². The zero-order valence-corrected chi connectivity index (χ0v) is 14.9. The third-order valence-electron chi connectivity index (χ3n) is 3.95. The number of nitrogen functional groups attached to an aromatic ring is 1. The van der Waals surface area contributed by atoms with Crippen molar-refractivity contribution in [1.82, 2.24) is 14.2 Å². The summed E-state index contributed by atoms with van der Waals surface area (Å²) in [4.78, 5) is 4.17. The van der Waals surface area contributed by atoms with Crippen LogP contribution in [0, 0.1) is 0 Å². The van der Waals surface area contributed by atoms with Gasteiger partial charge in [0.05, 0.1) is 4.90 Å². The quantitative estimate of drug-likeness (QED) is 0.583. The Labute approximate surface area is 154 Å². The molecule has 130 valence electrons. The smallest absolute Gasteiger partial charge is 0.286 e. The third-order valence-corrected chi connectivity index (χ3v) is 5.78. The van der Waals surface area contributed by atoms with Gasteiger partial charge in [0, 0.05) is 10.6 Å². The van der Waals surface area contributed by atoms with Gasteiger partial charge in [-0.1, -0.05) is 41.9 Å². The number of aromatic nitrogens is 3. The van der Waals surface area contributed by atoms with Gasteiger partial charge >= 0.3 is 0 Å².